The van der Waals surface area contributed by atoms with Gasteiger partial charge in [0.15, 0.2) is 0 Å². The third-order valence-corrected chi connectivity index (χ3v) is 5.10. The van der Waals surface area contributed by atoms with Gasteiger partial charge in [-0.1, -0.05) is 13.8 Å². The van der Waals surface area contributed by atoms with E-state index >= 15 is 0 Å². The third kappa shape index (κ3) is 8.97. The first-order valence-electron chi connectivity index (χ1n) is 12.0. The molecule has 1 saturated heterocycles. The van der Waals surface area contributed by atoms with Gasteiger partial charge in [-0.05, 0) is 57.4 Å². The van der Waals surface area contributed by atoms with Crippen molar-refractivity contribution in [1.82, 2.24) is 20.2 Å². The lowest BCUT2D eigenvalue weighted by atomic mass is 10.1. The lowest BCUT2D eigenvalue weighted by Crippen LogP contribution is -2.47. The average molecular weight is 540 g/mol. The third-order valence-electron chi connectivity index (χ3n) is 5.10. The molecule has 0 aliphatic carbocycles. The molecule has 2 aromatic heterocycles. The Bertz CT molecular complexity index is 1110. The van der Waals surface area contributed by atoms with Crippen LogP contribution in [0.25, 0.3) is 11.3 Å². The van der Waals surface area contributed by atoms with E-state index in [9.17, 15) is 32.4 Å². The zero-order valence-electron chi connectivity index (χ0n) is 22.3. The van der Waals surface area contributed by atoms with Crippen molar-refractivity contribution >= 4 is 12.0 Å². The van der Waals surface area contributed by atoms with Gasteiger partial charge in [-0.25, -0.2) is 4.79 Å². The number of nitrogens with zero attached hydrogens (tertiary/aromatic N) is 4. The Balaban J connectivity index is 0.00000172. The summed E-state index contributed by atoms with van der Waals surface area (Å²) in [5.74, 6) is -0.387. The number of alkyl halides is 4. The fourth-order valence-electron chi connectivity index (χ4n) is 3.49. The van der Waals surface area contributed by atoms with Crippen LogP contribution in [0.5, 0.6) is 0 Å². The Kier molecular flexibility index (Phi) is 12.1. The van der Waals surface area contributed by atoms with Crippen molar-refractivity contribution in [3.63, 3.8) is 0 Å². The first-order valence-corrected chi connectivity index (χ1v) is 12.0. The predicted molar refractivity (Wildman–Crippen MR) is 133 cm³/mol. The molecule has 0 unspecified atom stereocenters. The largest absolute Gasteiger partial charge is 0.444 e. The van der Waals surface area contributed by atoms with Crippen LogP contribution in [0.3, 0.4) is 0 Å². The van der Waals surface area contributed by atoms with Gasteiger partial charge in [0.05, 0.1) is 18.4 Å². The molecule has 8 nitrogen and oxygen atoms in total. The molecule has 38 heavy (non-hydrogen) atoms. The fourth-order valence-corrected chi connectivity index (χ4v) is 3.49. The van der Waals surface area contributed by atoms with Crippen LogP contribution < -0.4 is 5.32 Å². The molecular weight excluding hydrogens is 506 g/mol. The maximum Gasteiger partial charge on any atom is 0.433 e. The highest BCUT2D eigenvalue weighted by atomic mass is 19.4. The number of aromatic nitrogens is 2. The summed E-state index contributed by atoms with van der Waals surface area (Å²) in [5, 5.41) is 12.1. The van der Waals surface area contributed by atoms with Crippen LogP contribution in [0, 0.1) is 11.3 Å². The summed E-state index contributed by atoms with van der Waals surface area (Å²) >= 11 is 0. The summed E-state index contributed by atoms with van der Waals surface area (Å²) in [4.78, 5) is 34.2. The zero-order valence-corrected chi connectivity index (χ0v) is 22.3. The van der Waals surface area contributed by atoms with Gasteiger partial charge in [-0.15, -0.1) is 0 Å². The van der Waals surface area contributed by atoms with E-state index in [1.165, 1.54) is 23.2 Å². The van der Waals surface area contributed by atoms with Gasteiger partial charge in [0.2, 0.25) is 5.91 Å². The summed E-state index contributed by atoms with van der Waals surface area (Å²) in [6.07, 6.45) is -1.65. The second-order valence-electron chi connectivity index (χ2n) is 8.82. The predicted octanol–water partition coefficient (Wildman–Crippen LogP) is 5.66. The second kappa shape index (κ2) is 14.3. The Morgan fingerprint density at radius 3 is 2.34 bits per heavy atom. The lowest BCUT2D eigenvalue weighted by molar-refractivity contribution is -0.141. The van der Waals surface area contributed by atoms with Crippen molar-refractivity contribution in [2.75, 3.05) is 13.7 Å². The van der Waals surface area contributed by atoms with Crippen molar-refractivity contribution < 1.29 is 31.9 Å². The highest BCUT2D eigenvalue weighted by Gasteiger charge is 2.36. The maximum atomic E-state index is 12.8. The summed E-state index contributed by atoms with van der Waals surface area (Å²) in [6, 6.07) is 4.90. The Hall–Kier alpha value is -3.75. The van der Waals surface area contributed by atoms with Gasteiger partial charge in [0.25, 0.3) is 0 Å². The van der Waals surface area contributed by atoms with Crippen LogP contribution in [0.4, 0.5) is 22.4 Å². The van der Waals surface area contributed by atoms with Crippen LogP contribution in [0.2, 0.25) is 0 Å². The summed E-state index contributed by atoms with van der Waals surface area (Å²) in [6.45, 7) is 9.60. The lowest BCUT2D eigenvalue weighted by Gasteiger charge is -2.28. The maximum absolute atomic E-state index is 12.8. The number of likely N-dealkylation sites (tertiary alicyclic amines) is 1. The zero-order chi connectivity index (χ0) is 29.1. The Morgan fingerprint density at radius 2 is 1.82 bits per heavy atom. The SMILES string of the molecule is CC.CC(C)(C)OC(=O)N1CCC[C@H]1C(=O)NCc1cc(-c2ccc(C(F)(F)F)nc2)ncc1C#N.CF. The minimum Gasteiger partial charge on any atom is -0.444 e. The molecule has 208 valence electrons. The molecule has 1 aliphatic heterocycles. The van der Waals surface area contributed by atoms with Crippen LogP contribution in [0.1, 0.15) is 64.3 Å². The normalized spacial score (nSPS) is 14.8. The summed E-state index contributed by atoms with van der Waals surface area (Å²) in [5.41, 5.74) is -0.439. The molecule has 0 saturated carbocycles. The Morgan fingerprint density at radius 1 is 1.16 bits per heavy atom. The van der Waals surface area contributed by atoms with Gasteiger partial charge in [-0.3, -0.25) is 24.1 Å². The number of rotatable bonds is 4. The number of nitrogens with one attached hydrogen (secondary N) is 1. The molecule has 0 radical (unpaired) electrons. The first-order chi connectivity index (χ1) is 17.9. The van der Waals surface area contributed by atoms with Crippen molar-refractivity contribution in [3.8, 4) is 17.3 Å². The van der Waals surface area contributed by atoms with Crippen molar-refractivity contribution in [2.24, 2.45) is 0 Å². The summed E-state index contributed by atoms with van der Waals surface area (Å²) in [7, 11) is 0.500. The summed E-state index contributed by atoms with van der Waals surface area (Å²) < 4.78 is 53.2. The van der Waals surface area contributed by atoms with Crippen LogP contribution in [-0.4, -0.2) is 52.2 Å². The number of hydrogen-bond donors (Lipinski definition) is 1. The molecule has 3 rings (SSSR count). The molecule has 2 amide bonds. The first kappa shape index (κ1) is 32.3. The van der Waals surface area contributed by atoms with Gasteiger partial charge >= 0.3 is 12.3 Å². The van der Waals surface area contributed by atoms with Gasteiger partial charge in [0.1, 0.15) is 23.4 Å². The molecule has 0 aromatic carbocycles. The van der Waals surface area contributed by atoms with E-state index < -0.39 is 29.6 Å². The number of ether oxygens (including phenoxy) is 1. The minimum atomic E-state index is -4.56. The molecule has 1 aliphatic rings. The molecule has 3 heterocycles. The quantitative estimate of drug-likeness (QED) is 0.502. The topological polar surface area (TPSA) is 108 Å². The van der Waals surface area contributed by atoms with E-state index in [0.717, 1.165) is 12.3 Å². The van der Waals surface area contributed by atoms with Gasteiger partial charge < -0.3 is 10.1 Å². The minimum absolute atomic E-state index is 0.0238. The number of amides is 2. The van der Waals surface area contributed by atoms with Crippen LogP contribution in [-0.2, 0) is 22.3 Å². The molecule has 2 aromatic rings. The number of halogens is 4. The van der Waals surface area contributed by atoms with E-state index in [1.807, 2.05) is 19.9 Å². The highest BCUT2D eigenvalue weighted by molar-refractivity contribution is 5.86. The monoisotopic (exact) mass is 539 g/mol. The molecule has 1 fully saturated rings. The number of carbonyl (C=O) groups excluding carboxylic acids is 2. The van der Waals surface area contributed by atoms with Crippen molar-refractivity contribution in [3.05, 3.63) is 47.4 Å². The van der Waals surface area contributed by atoms with Gasteiger partial charge in [-0.2, -0.15) is 18.4 Å². The van der Waals surface area contributed by atoms with E-state index in [4.69, 9.17) is 4.74 Å². The van der Waals surface area contributed by atoms with E-state index in [2.05, 4.69) is 15.3 Å². The molecule has 1 atom stereocenters. The van der Waals surface area contributed by atoms with Crippen LogP contribution >= 0.6 is 0 Å². The molecule has 0 spiro atoms. The smallest absolute Gasteiger partial charge is 0.433 e. The molecule has 1 N–H and O–H groups in total. The average Bonchev–Trinajstić information content (AvgIpc) is 3.39. The van der Waals surface area contributed by atoms with E-state index in [1.54, 1.807) is 20.8 Å². The molecule has 12 heteroatoms. The standard InChI is InChI=1S/C23H24F3N5O3.C2H6.CH3F/c1-22(2,3)34-21(33)31-8-4-5-18(31)20(32)30-12-15-9-17(28-13-16(15)10-27)14-6-7-19(29-11-14)23(24,25)26;2*1-2/h6-7,9,11,13,18H,4-5,8,12H2,1-3H3,(H,30,32);1-2H3;1H3/t18-;;/m0../s1. The van der Waals surface area contributed by atoms with Crippen molar-refractivity contribution in [1.29, 1.82) is 5.26 Å². The van der Waals surface area contributed by atoms with Crippen LogP contribution in [0.15, 0.2) is 30.6 Å². The molecule has 0 bridgehead atoms. The van der Waals surface area contributed by atoms with E-state index in [0.29, 0.717) is 43.4 Å². The fraction of sp³-hybridized carbons (Fsp3) is 0.500. The van der Waals surface area contributed by atoms with E-state index in [-0.39, 0.29) is 18.0 Å². The number of pyridine rings is 2. The number of carbonyl (C=O) groups is 2. The number of hydrogen-bond acceptors (Lipinski definition) is 6. The number of nitriles is 1. The second-order valence-corrected chi connectivity index (χ2v) is 8.82. The van der Waals surface area contributed by atoms with Gasteiger partial charge in [0, 0.05) is 31.0 Å². The van der Waals surface area contributed by atoms with Crippen molar-refractivity contribution in [2.45, 2.75) is 71.8 Å². The Labute approximate surface area is 220 Å². The highest BCUT2D eigenvalue weighted by Crippen LogP contribution is 2.29. The molecular formula is C26H33F4N5O3.